The minimum Gasteiger partial charge on any atom is -0.317 e. The lowest BCUT2D eigenvalue weighted by Gasteiger charge is -2.20. The highest BCUT2D eigenvalue weighted by Gasteiger charge is 2.21. The molecule has 0 aromatic carbocycles. The first-order valence-electron chi connectivity index (χ1n) is 9.26. The molecule has 1 N–H and O–H groups in total. The number of anilines is 1. The molecule has 0 saturated heterocycles. The Labute approximate surface area is 149 Å². The number of nitrogens with zero attached hydrogens (tertiary/aromatic N) is 2. The van der Waals surface area contributed by atoms with Crippen molar-refractivity contribution in [2.75, 3.05) is 25.0 Å². The van der Waals surface area contributed by atoms with Crippen LogP contribution in [0.1, 0.15) is 68.4 Å². The molecule has 1 aliphatic carbocycles. The van der Waals surface area contributed by atoms with Crippen LogP contribution >= 0.6 is 11.3 Å². The van der Waals surface area contributed by atoms with Gasteiger partial charge in [0.15, 0.2) is 0 Å². The van der Waals surface area contributed by atoms with Gasteiger partial charge >= 0.3 is 0 Å². The van der Waals surface area contributed by atoms with E-state index >= 15 is 0 Å². The predicted molar refractivity (Wildman–Crippen MR) is 101 cm³/mol. The fraction of sp³-hybridized carbons (Fsp3) is 0.684. The van der Waals surface area contributed by atoms with Crippen LogP contribution in [0.3, 0.4) is 0 Å². The number of amides is 1. The number of carbonyl (C=O) groups is 1. The predicted octanol–water partition coefficient (Wildman–Crippen LogP) is 4.34. The number of hydrogen-bond acceptors (Lipinski definition) is 4. The molecular weight excluding hydrogens is 318 g/mol. The van der Waals surface area contributed by atoms with Crippen molar-refractivity contribution in [1.29, 1.82) is 5.26 Å². The lowest BCUT2D eigenvalue weighted by molar-refractivity contribution is -0.116. The molecule has 0 atom stereocenters. The fourth-order valence-electron chi connectivity index (χ4n) is 3.37. The molecule has 2 rings (SSSR count). The molecule has 0 bridgehead atoms. The summed E-state index contributed by atoms with van der Waals surface area (Å²) in [7, 11) is 0. The molecule has 1 heterocycles. The molecule has 0 aliphatic heterocycles. The topological polar surface area (TPSA) is 56.1 Å². The Morgan fingerprint density at radius 2 is 1.88 bits per heavy atom. The van der Waals surface area contributed by atoms with Gasteiger partial charge in [-0.05, 0) is 57.2 Å². The average Bonchev–Trinajstić information content (AvgIpc) is 2.73. The van der Waals surface area contributed by atoms with Crippen LogP contribution in [-0.4, -0.2) is 30.4 Å². The number of fused-ring (bicyclic) bond motifs is 1. The summed E-state index contributed by atoms with van der Waals surface area (Å²) >= 11 is 1.61. The minimum atomic E-state index is 0.0279. The highest BCUT2D eigenvalue weighted by molar-refractivity contribution is 7.16. The van der Waals surface area contributed by atoms with Gasteiger partial charge in [-0.25, -0.2) is 0 Å². The molecule has 0 fully saturated rings. The number of nitrogens with one attached hydrogen (secondary N) is 1. The summed E-state index contributed by atoms with van der Waals surface area (Å²) in [6, 6.07) is 2.33. The molecule has 0 spiro atoms. The SMILES string of the molecule is CCCN(CCC)CCC(=O)Nc1sc2c(c1C#N)CCCCC2. The van der Waals surface area contributed by atoms with Crippen molar-refractivity contribution >= 4 is 22.2 Å². The fourth-order valence-corrected chi connectivity index (χ4v) is 4.62. The molecule has 1 aromatic rings. The zero-order valence-corrected chi connectivity index (χ0v) is 15.8. The van der Waals surface area contributed by atoms with Gasteiger partial charge in [0, 0.05) is 17.8 Å². The van der Waals surface area contributed by atoms with Gasteiger partial charge in [-0.3, -0.25) is 4.79 Å². The van der Waals surface area contributed by atoms with Crippen molar-refractivity contribution in [1.82, 2.24) is 4.90 Å². The van der Waals surface area contributed by atoms with E-state index < -0.39 is 0 Å². The van der Waals surface area contributed by atoms with Crippen LogP contribution in [0, 0.1) is 11.3 Å². The zero-order chi connectivity index (χ0) is 17.4. The second kappa shape index (κ2) is 9.80. The number of hydrogen-bond donors (Lipinski definition) is 1. The monoisotopic (exact) mass is 347 g/mol. The van der Waals surface area contributed by atoms with Crippen molar-refractivity contribution in [3.8, 4) is 6.07 Å². The Morgan fingerprint density at radius 1 is 1.17 bits per heavy atom. The van der Waals surface area contributed by atoms with Crippen molar-refractivity contribution in [3.05, 3.63) is 16.0 Å². The van der Waals surface area contributed by atoms with Crippen LogP contribution in [0.25, 0.3) is 0 Å². The van der Waals surface area contributed by atoms with Gasteiger partial charge in [0.1, 0.15) is 11.1 Å². The van der Waals surface area contributed by atoms with Gasteiger partial charge in [-0.2, -0.15) is 5.26 Å². The molecule has 1 aromatic heterocycles. The first kappa shape index (κ1) is 19.0. The van der Waals surface area contributed by atoms with E-state index in [9.17, 15) is 10.1 Å². The largest absolute Gasteiger partial charge is 0.317 e. The van der Waals surface area contributed by atoms with Crippen molar-refractivity contribution in [3.63, 3.8) is 0 Å². The lowest BCUT2D eigenvalue weighted by atomic mass is 10.1. The molecule has 1 amide bonds. The third-order valence-corrected chi connectivity index (χ3v) is 5.73. The highest BCUT2D eigenvalue weighted by atomic mass is 32.1. The van der Waals surface area contributed by atoms with Crippen molar-refractivity contribution < 1.29 is 4.79 Å². The third kappa shape index (κ3) is 5.06. The quantitative estimate of drug-likeness (QED) is 0.712. The Hall–Kier alpha value is -1.38. The minimum absolute atomic E-state index is 0.0279. The molecule has 0 saturated carbocycles. The smallest absolute Gasteiger partial charge is 0.226 e. The molecule has 4 nitrogen and oxygen atoms in total. The maximum Gasteiger partial charge on any atom is 0.226 e. The van der Waals surface area contributed by atoms with E-state index in [0.29, 0.717) is 12.0 Å². The van der Waals surface area contributed by atoms with Crippen molar-refractivity contribution in [2.24, 2.45) is 0 Å². The summed E-state index contributed by atoms with van der Waals surface area (Å²) in [5.41, 5.74) is 1.90. The summed E-state index contributed by atoms with van der Waals surface area (Å²) in [5, 5.41) is 13.3. The number of thiophene rings is 1. The summed E-state index contributed by atoms with van der Waals surface area (Å²) in [5.74, 6) is 0.0279. The van der Waals surface area contributed by atoms with E-state index in [0.717, 1.165) is 56.7 Å². The number of nitriles is 1. The van der Waals surface area contributed by atoms with E-state index in [4.69, 9.17) is 0 Å². The lowest BCUT2D eigenvalue weighted by Crippen LogP contribution is -2.29. The van der Waals surface area contributed by atoms with E-state index in [1.54, 1.807) is 11.3 Å². The Balaban J connectivity index is 1.98. The van der Waals surface area contributed by atoms with E-state index in [1.807, 2.05) is 0 Å². The molecule has 1 aliphatic rings. The first-order chi connectivity index (χ1) is 11.7. The van der Waals surface area contributed by atoms with Gasteiger partial charge in [0.25, 0.3) is 0 Å². The van der Waals surface area contributed by atoms with Gasteiger partial charge < -0.3 is 10.2 Å². The first-order valence-corrected chi connectivity index (χ1v) is 10.1. The van der Waals surface area contributed by atoms with Crippen LogP contribution in [0.4, 0.5) is 5.00 Å². The summed E-state index contributed by atoms with van der Waals surface area (Å²) in [6.07, 6.45) is 8.31. The number of carbonyl (C=O) groups excluding carboxylic acids is 1. The van der Waals surface area contributed by atoms with E-state index in [1.165, 1.54) is 23.3 Å². The standard InChI is InChI=1S/C19H29N3OS/c1-3-11-22(12-4-2)13-10-18(23)21-19-16(14-20)15-8-6-5-7-9-17(15)24-19/h3-13H2,1-2H3,(H,21,23). The van der Waals surface area contributed by atoms with Gasteiger partial charge in [-0.15, -0.1) is 11.3 Å². The summed E-state index contributed by atoms with van der Waals surface area (Å²) < 4.78 is 0. The molecular formula is C19H29N3OS. The van der Waals surface area contributed by atoms with Crippen molar-refractivity contribution in [2.45, 2.75) is 65.2 Å². The third-order valence-electron chi connectivity index (χ3n) is 4.52. The van der Waals surface area contributed by atoms with E-state index in [2.05, 4.69) is 30.1 Å². The van der Waals surface area contributed by atoms with Crippen LogP contribution in [0.15, 0.2) is 0 Å². The summed E-state index contributed by atoms with van der Waals surface area (Å²) in [6.45, 7) is 7.21. The molecule has 24 heavy (non-hydrogen) atoms. The number of rotatable bonds is 8. The molecule has 0 radical (unpaired) electrons. The second-order valence-corrected chi connectivity index (χ2v) is 7.63. The van der Waals surface area contributed by atoms with Crippen LogP contribution in [0.5, 0.6) is 0 Å². The maximum atomic E-state index is 12.3. The van der Waals surface area contributed by atoms with Gasteiger partial charge in [-0.1, -0.05) is 20.3 Å². The van der Waals surface area contributed by atoms with Crippen LogP contribution < -0.4 is 5.32 Å². The number of aryl methyl sites for hydroxylation is 1. The molecule has 132 valence electrons. The highest BCUT2D eigenvalue weighted by Crippen LogP contribution is 2.36. The van der Waals surface area contributed by atoms with Gasteiger partial charge in [0.05, 0.1) is 5.56 Å². The molecule has 5 heteroatoms. The van der Waals surface area contributed by atoms with E-state index in [-0.39, 0.29) is 5.91 Å². The normalized spacial score (nSPS) is 14.1. The maximum absolute atomic E-state index is 12.3. The second-order valence-electron chi connectivity index (χ2n) is 6.52. The Bertz CT molecular complexity index is 582. The summed E-state index contributed by atoms with van der Waals surface area (Å²) in [4.78, 5) is 16.0. The molecule has 0 unspecified atom stereocenters. The Morgan fingerprint density at radius 3 is 2.54 bits per heavy atom. The average molecular weight is 348 g/mol. The van der Waals surface area contributed by atoms with Crippen LogP contribution in [0.2, 0.25) is 0 Å². The van der Waals surface area contributed by atoms with Gasteiger partial charge in [0.2, 0.25) is 5.91 Å². The van der Waals surface area contributed by atoms with Crippen LogP contribution in [-0.2, 0) is 17.6 Å². The zero-order valence-electron chi connectivity index (χ0n) is 15.0. The Kier molecular flexibility index (Phi) is 7.74.